The summed E-state index contributed by atoms with van der Waals surface area (Å²) in [6.07, 6.45) is 0.240. The van der Waals surface area contributed by atoms with E-state index in [0.717, 1.165) is 34.8 Å². The lowest BCUT2D eigenvalue weighted by Crippen LogP contribution is -2.53. The second-order valence-corrected chi connectivity index (χ2v) is 10.4. The van der Waals surface area contributed by atoms with Gasteiger partial charge in [0.1, 0.15) is 0 Å². The zero-order valence-electron chi connectivity index (χ0n) is 18.6. The Labute approximate surface area is 218 Å². The highest BCUT2D eigenvalue weighted by molar-refractivity contribution is 14.1. The average Bonchev–Trinajstić information content (AvgIpc) is 3.16. The van der Waals surface area contributed by atoms with Crippen molar-refractivity contribution in [1.82, 2.24) is 9.80 Å². The summed E-state index contributed by atoms with van der Waals surface area (Å²) in [5.41, 5.74) is 3.08. The van der Waals surface area contributed by atoms with Crippen LogP contribution in [0.1, 0.15) is 23.6 Å². The van der Waals surface area contributed by atoms with E-state index in [0.29, 0.717) is 5.69 Å². The standard InChI is InChI=1S/C27H25ClIN3O2/c28-21-8-6-20(7-9-21)26(19-4-2-1-3-5-19)31-16-14-30(15-17-31)24-18-25(33)32(27(24)34)23-12-10-22(29)11-13-23/h1-13,24,26H,14-18H2/t24-,26+/m0/s1. The predicted molar refractivity (Wildman–Crippen MR) is 143 cm³/mol. The molecule has 0 aliphatic carbocycles. The zero-order valence-corrected chi connectivity index (χ0v) is 21.5. The summed E-state index contributed by atoms with van der Waals surface area (Å²) in [5, 5.41) is 0.725. The van der Waals surface area contributed by atoms with Crippen molar-refractivity contribution in [3.63, 3.8) is 0 Å². The Hall–Kier alpha value is -2.26. The van der Waals surface area contributed by atoms with E-state index in [1.54, 1.807) is 0 Å². The first kappa shape index (κ1) is 23.5. The number of piperazine rings is 1. The molecular weight excluding hydrogens is 561 g/mol. The fourth-order valence-corrected chi connectivity index (χ4v) is 5.45. The van der Waals surface area contributed by atoms with Crippen LogP contribution in [0.2, 0.25) is 5.02 Å². The second-order valence-electron chi connectivity index (χ2n) is 8.70. The number of hydrogen-bond acceptors (Lipinski definition) is 4. The third-order valence-electron chi connectivity index (χ3n) is 6.66. The van der Waals surface area contributed by atoms with Gasteiger partial charge in [0, 0.05) is 34.8 Å². The number of anilines is 1. The maximum absolute atomic E-state index is 13.2. The number of nitrogens with zero attached hydrogens (tertiary/aromatic N) is 3. The minimum atomic E-state index is -0.389. The normalized spacial score (nSPS) is 20.6. The molecule has 2 saturated heterocycles. The van der Waals surface area contributed by atoms with Crippen molar-refractivity contribution in [2.45, 2.75) is 18.5 Å². The lowest BCUT2D eigenvalue weighted by atomic mass is 9.96. The molecule has 2 aliphatic rings. The minimum absolute atomic E-state index is 0.114. The van der Waals surface area contributed by atoms with E-state index in [2.05, 4.69) is 68.8 Å². The van der Waals surface area contributed by atoms with Gasteiger partial charge in [-0.1, -0.05) is 54.1 Å². The van der Waals surface area contributed by atoms with Crippen molar-refractivity contribution < 1.29 is 9.59 Å². The number of carbonyl (C=O) groups is 2. The molecule has 5 rings (SSSR count). The second kappa shape index (κ2) is 10.2. The van der Waals surface area contributed by atoms with Crippen molar-refractivity contribution in [3.05, 3.63) is 98.6 Å². The first-order valence-corrected chi connectivity index (χ1v) is 12.9. The van der Waals surface area contributed by atoms with Crippen LogP contribution in [-0.2, 0) is 9.59 Å². The van der Waals surface area contributed by atoms with E-state index in [1.807, 2.05) is 42.5 Å². The van der Waals surface area contributed by atoms with Gasteiger partial charge in [-0.15, -0.1) is 0 Å². The van der Waals surface area contributed by atoms with Gasteiger partial charge in [0.2, 0.25) is 5.91 Å². The molecule has 2 heterocycles. The lowest BCUT2D eigenvalue weighted by molar-refractivity contribution is -0.123. The molecule has 0 unspecified atom stereocenters. The fourth-order valence-electron chi connectivity index (χ4n) is 4.96. The van der Waals surface area contributed by atoms with Gasteiger partial charge in [0.25, 0.3) is 5.91 Å². The van der Waals surface area contributed by atoms with Gasteiger partial charge in [0.05, 0.1) is 24.2 Å². The molecule has 174 valence electrons. The van der Waals surface area contributed by atoms with Crippen LogP contribution < -0.4 is 4.90 Å². The molecule has 0 bridgehead atoms. The Bertz CT molecular complexity index is 1160. The van der Waals surface area contributed by atoms with E-state index in [9.17, 15) is 9.59 Å². The Morgan fingerprint density at radius 3 is 2.06 bits per heavy atom. The van der Waals surface area contributed by atoms with Crippen molar-refractivity contribution in [3.8, 4) is 0 Å². The third-order valence-corrected chi connectivity index (χ3v) is 7.63. The summed E-state index contributed by atoms with van der Waals surface area (Å²) in [6.45, 7) is 3.09. The largest absolute Gasteiger partial charge is 0.290 e. The Balaban J connectivity index is 1.31. The van der Waals surface area contributed by atoms with Crippen molar-refractivity contribution in [1.29, 1.82) is 0 Å². The van der Waals surface area contributed by atoms with Gasteiger partial charge in [-0.2, -0.15) is 0 Å². The maximum Gasteiger partial charge on any atom is 0.251 e. The van der Waals surface area contributed by atoms with Crippen LogP contribution in [0.15, 0.2) is 78.9 Å². The highest BCUT2D eigenvalue weighted by Gasteiger charge is 2.43. The molecule has 0 spiro atoms. The van der Waals surface area contributed by atoms with Gasteiger partial charge < -0.3 is 0 Å². The topological polar surface area (TPSA) is 43.9 Å². The third kappa shape index (κ3) is 4.77. The number of benzene rings is 3. The number of halogens is 2. The maximum atomic E-state index is 13.2. The van der Waals surface area contributed by atoms with Crippen LogP contribution in [0.25, 0.3) is 0 Å². The van der Waals surface area contributed by atoms with Crippen LogP contribution in [0.5, 0.6) is 0 Å². The SMILES string of the molecule is O=C1C[C@H](N2CCN([C@H](c3ccccc3)c3ccc(Cl)cc3)CC2)C(=O)N1c1ccc(I)cc1. The molecule has 3 aromatic rings. The van der Waals surface area contributed by atoms with Crippen molar-refractivity contribution in [2.24, 2.45) is 0 Å². The van der Waals surface area contributed by atoms with E-state index in [4.69, 9.17) is 11.6 Å². The predicted octanol–water partition coefficient (Wildman–Crippen LogP) is 4.98. The zero-order chi connectivity index (χ0) is 23.7. The van der Waals surface area contributed by atoms with E-state index in [1.165, 1.54) is 16.0 Å². The molecule has 34 heavy (non-hydrogen) atoms. The summed E-state index contributed by atoms with van der Waals surface area (Å²) < 4.78 is 1.07. The summed E-state index contributed by atoms with van der Waals surface area (Å²) in [5.74, 6) is -0.237. The number of rotatable bonds is 5. The fraction of sp³-hybridized carbons (Fsp3) is 0.259. The van der Waals surface area contributed by atoms with Crippen LogP contribution in [0, 0.1) is 3.57 Å². The highest BCUT2D eigenvalue weighted by atomic mass is 127. The molecule has 2 amide bonds. The Kier molecular flexibility index (Phi) is 7.01. The Morgan fingerprint density at radius 1 is 0.794 bits per heavy atom. The number of amides is 2. The quantitative estimate of drug-likeness (QED) is 0.313. The van der Waals surface area contributed by atoms with Crippen LogP contribution in [0.4, 0.5) is 5.69 Å². The monoisotopic (exact) mass is 585 g/mol. The van der Waals surface area contributed by atoms with E-state index in [-0.39, 0.29) is 30.3 Å². The lowest BCUT2D eigenvalue weighted by Gasteiger charge is -2.41. The average molecular weight is 586 g/mol. The number of carbonyl (C=O) groups excluding carboxylic acids is 2. The van der Waals surface area contributed by atoms with Gasteiger partial charge in [-0.25, -0.2) is 4.90 Å². The first-order valence-electron chi connectivity index (χ1n) is 11.4. The molecule has 3 aromatic carbocycles. The summed E-state index contributed by atoms with van der Waals surface area (Å²) in [7, 11) is 0. The van der Waals surface area contributed by atoms with Crippen LogP contribution in [-0.4, -0.2) is 53.8 Å². The van der Waals surface area contributed by atoms with Crippen molar-refractivity contribution >= 4 is 51.7 Å². The van der Waals surface area contributed by atoms with Gasteiger partial charge in [0.15, 0.2) is 0 Å². The van der Waals surface area contributed by atoms with Gasteiger partial charge in [-0.05, 0) is 70.1 Å². The molecular formula is C27H25ClIN3O2. The molecule has 2 fully saturated rings. The first-order chi connectivity index (χ1) is 16.5. The van der Waals surface area contributed by atoms with E-state index >= 15 is 0 Å². The molecule has 5 nitrogen and oxygen atoms in total. The van der Waals surface area contributed by atoms with Crippen LogP contribution >= 0.6 is 34.2 Å². The molecule has 0 radical (unpaired) electrons. The van der Waals surface area contributed by atoms with E-state index < -0.39 is 0 Å². The molecule has 0 saturated carbocycles. The smallest absolute Gasteiger partial charge is 0.251 e. The summed E-state index contributed by atoms with van der Waals surface area (Å²) in [4.78, 5) is 32.0. The minimum Gasteiger partial charge on any atom is -0.290 e. The van der Waals surface area contributed by atoms with Crippen LogP contribution in [0.3, 0.4) is 0 Å². The molecule has 2 aliphatic heterocycles. The molecule has 2 atom stereocenters. The van der Waals surface area contributed by atoms with Crippen molar-refractivity contribution in [2.75, 3.05) is 31.1 Å². The Morgan fingerprint density at radius 2 is 1.41 bits per heavy atom. The number of imide groups is 1. The highest BCUT2D eigenvalue weighted by Crippen LogP contribution is 2.32. The number of hydrogen-bond donors (Lipinski definition) is 0. The summed E-state index contributed by atoms with van der Waals surface area (Å²) in [6, 6.07) is 25.8. The molecule has 0 aromatic heterocycles. The molecule has 7 heteroatoms. The molecule has 0 N–H and O–H groups in total. The van der Waals surface area contributed by atoms with Gasteiger partial charge in [-0.3, -0.25) is 19.4 Å². The van der Waals surface area contributed by atoms with Gasteiger partial charge >= 0.3 is 0 Å². The summed E-state index contributed by atoms with van der Waals surface area (Å²) >= 11 is 8.36.